The van der Waals surface area contributed by atoms with Gasteiger partial charge in [0.1, 0.15) is 11.1 Å². The van der Waals surface area contributed by atoms with Gasteiger partial charge in [-0.2, -0.15) is 0 Å². The summed E-state index contributed by atoms with van der Waals surface area (Å²) in [5, 5.41) is 14.0. The highest BCUT2D eigenvalue weighted by molar-refractivity contribution is 6.08. The molecule has 0 fully saturated rings. The van der Waals surface area contributed by atoms with Gasteiger partial charge in [-0.05, 0) is 25.1 Å². The fraction of sp³-hybridized carbons (Fsp3) is 0.222. The van der Waals surface area contributed by atoms with Gasteiger partial charge in [-0.1, -0.05) is 0 Å². The number of oxazole rings is 1. The molecule has 0 radical (unpaired) electrons. The molecule has 1 heterocycles. The summed E-state index contributed by atoms with van der Waals surface area (Å²) in [7, 11) is 1.37. The number of rotatable bonds is 6. The van der Waals surface area contributed by atoms with Crippen LogP contribution in [0, 0.1) is 17.0 Å². The van der Waals surface area contributed by atoms with Crippen molar-refractivity contribution in [2.45, 2.75) is 13.8 Å². The fourth-order valence-electron chi connectivity index (χ4n) is 2.63. The molecular weight excluding hydrogens is 354 g/mol. The predicted octanol–water partition coefficient (Wildman–Crippen LogP) is 3.70. The Hall–Kier alpha value is -3.62. The topological polar surface area (TPSA) is 117 Å². The highest BCUT2D eigenvalue weighted by Crippen LogP contribution is 2.35. The van der Waals surface area contributed by atoms with Crippen LogP contribution in [-0.2, 0) is 0 Å². The predicted molar refractivity (Wildman–Crippen MR) is 97.5 cm³/mol. The molecule has 1 N–H and O–H groups in total. The van der Waals surface area contributed by atoms with E-state index in [0.717, 1.165) is 0 Å². The van der Waals surface area contributed by atoms with Gasteiger partial charge >= 0.3 is 0 Å². The molecule has 140 valence electrons. The quantitative estimate of drug-likeness (QED) is 0.518. The Morgan fingerprint density at radius 2 is 2.07 bits per heavy atom. The Labute approximate surface area is 154 Å². The van der Waals surface area contributed by atoms with E-state index < -0.39 is 10.8 Å². The maximum Gasteiger partial charge on any atom is 0.286 e. The average Bonchev–Trinajstić information content (AvgIpc) is 3.00. The molecular formula is C18H17N3O6. The summed E-state index contributed by atoms with van der Waals surface area (Å²) in [5.74, 6) is 0.281. The highest BCUT2D eigenvalue weighted by Gasteiger charge is 2.25. The van der Waals surface area contributed by atoms with Crippen LogP contribution in [0.3, 0.4) is 0 Å². The van der Waals surface area contributed by atoms with Crippen molar-refractivity contribution >= 4 is 28.4 Å². The van der Waals surface area contributed by atoms with E-state index in [1.165, 1.54) is 19.2 Å². The number of carbonyl (C=O) groups is 1. The number of carbonyl (C=O) groups excluding carboxylic acids is 1. The molecule has 0 atom stereocenters. The van der Waals surface area contributed by atoms with E-state index in [2.05, 4.69) is 10.3 Å². The molecule has 9 heteroatoms. The summed E-state index contributed by atoms with van der Waals surface area (Å²) in [6.45, 7) is 3.79. The average molecular weight is 371 g/mol. The molecule has 27 heavy (non-hydrogen) atoms. The molecule has 3 aromatic rings. The Morgan fingerprint density at radius 3 is 2.74 bits per heavy atom. The van der Waals surface area contributed by atoms with Gasteiger partial charge in [-0.15, -0.1) is 0 Å². The molecule has 0 spiro atoms. The van der Waals surface area contributed by atoms with Gasteiger partial charge < -0.3 is 19.2 Å². The van der Waals surface area contributed by atoms with E-state index in [0.29, 0.717) is 29.3 Å². The number of nitro benzene ring substituents is 1. The molecule has 0 saturated heterocycles. The van der Waals surface area contributed by atoms with E-state index in [4.69, 9.17) is 13.9 Å². The monoisotopic (exact) mass is 371 g/mol. The second-order valence-electron chi connectivity index (χ2n) is 5.58. The first-order chi connectivity index (χ1) is 12.9. The van der Waals surface area contributed by atoms with E-state index in [1.807, 2.05) is 0 Å². The lowest BCUT2D eigenvalue weighted by Crippen LogP contribution is -2.14. The number of nitrogens with one attached hydrogen (secondary N) is 1. The van der Waals surface area contributed by atoms with Crippen LogP contribution < -0.4 is 14.8 Å². The third-order valence-electron chi connectivity index (χ3n) is 3.78. The Morgan fingerprint density at radius 1 is 1.30 bits per heavy atom. The number of nitrogens with zero attached hydrogens (tertiary/aromatic N) is 2. The zero-order valence-electron chi connectivity index (χ0n) is 14.9. The number of aryl methyl sites for hydroxylation is 1. The number of hydrogen-bond acceptors (Lipinski definition) is 7. The van der Waals surface area contributed by atoms with Crippen molar-refractivity contribution in [3.63, 3.8) is 0 Å². The van der Waals surface area contributed by atoms with Crippen molar-refractivity contribution in [3.05, 3.63) is 51.9 Å². The second kappa shape index (κ2) is 7.32. The van der Waals surface area contributed by atoms with Crippen molar-refractivity contribution in [3.8, 4) is 11.5 Å². The van der Waals surface area contributed by atoms with Gasteiger partial charge in [0.25, 0.3) is 11.6 Å². The van der Waals surface area contributed by atoms with Crippen molar-refractivity contribution < 1.29 is 23.6 Å². The Bertz CT molecular complexity index is 1030. The van der Waals surface area contributed by atoms with Gasteiger partial charge in [0, 0.05) is 18.7 Å². The third kappa shape index (κ3) is 3.66. The molecule has 9 nitrogen and oxygen atoms in total. The Kier molecular flexibility index (Phi) is 4.93. The van der Waals surface area contributed by atoms with Crippen LogP contribution in [-0.4, -0.2) is 29.5 Å². The van der Waals surface area contributed by atoms with Crippen LogP contribution in [0.4, 0.5) is 11.4 Å². The molecule has 0 saturated carbocycles. The van der Waals surface area contributed by atoms with Crippen LogP contribution in [0.1, 0.15) is 23.2 Å². The van der Waals surface area contributed by atoms with Crippen LogP contribution in [0.5, 0.6) is 11.5 Å². The lowest BCUT2D eigenvalue weighted by molar-refractivity contribution is -0.385. The smallest absolute Gasteiger partial charge is 0.286 e. The second-order valence-corrected chi connectivity index (χ2v) is 5.58. The number of benzene rings is 2. The fourth-order valence-corrected chi connectivity index (χ4v) is 2.63. The van der Waals surface area contributed by atoms with Crippen LogP contribution in [0.15, 0.2) is 34.7 Å². The molecule has 3 rings (SSSR count). The SMILES string of the molecule is CCOc1cc(C(=O)Nc2ccc3oc(C)nc3c2)c([N+](=O)[O-])cc1OC. The van der Waals surface area contributed by atoms with Crippen molar-refractivity contribution in [1.82, 2.24) is 4.98 Å². The Balaban J connectivity index is 1.98. The summed E-state index contributed by atoms with van der Waals surface area (Å²) in [6.07, 6.45) is 0. The number of nitro groups is 1. The molecule has 2 aromatic carbocycles. The zero-order valence-corrected chi connectivity index (χ0v) is 14.9. The van der Waals surface area contributed by atoms with E-state index in [9.17, 15) is 14.9 Å². The van der Waals surface area contributed by atoms with Gasteiger partial charge in [0.15, 0.2) is 23.0 Å². The molecule has 0 aliphatic rings. The number of aromatic nitrogens is 1. The number of methoxy groups -OCH3 is 1. The molecule has 0 aliphatic heterocycles. The normalized spacial score (nSPS) is 10.6. The first kappa shape index (κ1) is 18.2. The number of ether oxygens (including phenoxy) is 2. The summed E-state index contributed by atoms with van der Waals surface area (Å²) in [5.41, 5.74) is 1.07. The largest absolute Gasteiger partial charge is 0.493 e. The lowest BCUT2D eigenvalue weighted by Gasteiger charge is -2.12. The van der Waals surface area contributed by atoms with Crippen molar-refractivity contribution in [2.24, 2.45) is 0 Å². The first-order valence-electron chi connectivity index (χ1n) is 8.10. The number of anilines is 1. The summed E-state index contributed by atoms with van der Waals surface area (Å²) >= 11 is 0. The van der Waals surface area contributed by atoms with E-state index in [-0.39, 0.29) is 22.7 Å². The molecule has 1 aromatic heterocycles. The highest BCUT2D eigenvalue weighted by atomic mass is 16.6. The summed E-state index contributed by atoms with van der Waals surface area (Å²) in [6, 6.07) is 7.39. The first-order valence-corrected chi connectivity index (χ1v) is 8.10. The maximum atomic E-state index is 12.7. The van der Waals surface area contributed by atoms with Crippen molar-refractivity contribution in [2.75, 3.05) is 19.0 Å². The molecule has 0 unspecified atom stereocenters. The summed E-state index contributed by atoms with van der Waals surface area (Å²) in [4.78, 5) is 27.6. The maximum absolute atomic E-state index is 12.7. The van der Waals surface area contributed by atoms with E-state index in [1.54, 1.807) is 32.0 Å². The molecule has 0 aliphatic carbocycles. The minimum absolute atomic E-state index is 0.138. The zero-order chi connectivity index (χ0) is 19.6. The molecule has 1 amide bonds. The minimum atomic E-state index is -0.648. The van der Waals surface area contributed by atoms with Crippen LogP contribution in [0.2, 0.25) is 0 Å². The number of fused-ring (bicyclic) bond motifs is 1. The van der Waals surface area contributed by atoms with E-state index >= 15 is 0 Å². The summed E-state index contributed by atoms with van der Waals surface area (Å²) < 4.78 is 15.9. The minimum Gasteiger partial charge on any atom is -0.493 e. The number of hydrogen-bond donors (Lipinski definition) is 1. The van der Waals surface area contributed by atoms with Crippen molar-refractivity contribution in [1.29, 1.82) is 0 Å². The van der Waals surface area contributed by atoms with Gasteiger partial charge in [-0.25, -0.2) is 4.98 Å². The molecule has 0 bridgehead atoms. The lowest BCUT2D eigenvalue weighted by atomic mass is 10.1. The number of amides is 1. The van der Waals surface area contributed by atoms with Crippen LogP contribution in [0.25, 0.3) is 11.1 Å². The third-order valence-corrected chi connectivity index (χ3v) is 3.78. The van der Waals surface area contributed by atoms with Gasteiger partial charge in [0.2, 0.25) is 0 Å². The van der Waals surface area contributed by atoms with Gasteiger partial charge in [-0.3, -0.25) is 14.9 Å². The van der Waals surface area contributed by atoms with Crippen LogP contribution >= 0.6 is 0 Å². The van der Waals surface area contributed by atoms with Gasteiger partial charge in [0.05, 0.1) is 24.7 Å². The standard InChI is InChI=1S/C18H17N3O6/c1-4-26-17-8-12(14(21(23)24)9-16(17)25-3)18(22)20-11-5-6-15-13(7-11)19-10(2)27-15/h5-9H,4H2,1-3H3,(H,20,22).